The van der Waals surface area contributed by atoms with Gasteiger partial charge in [-0.25, -0.2) is 9.59 Å². The van der Waals surface area contributed by atoms with Gasteiger partial charge in [0.05, 0.1) is 5.56 Å². The Kier molecular flexibility index (Phi) is 5.72. The van der Waals surface area contributed by atoms with Crippen LogP contribution in [0.15, 0.2) is 30.3 Å². The SMILES string of the molecule is CNC(=O)Cn1nc(NC(=O)NCc2ccc(C(=O)O)cc2)cc1C. The van der Waals surface area contributed by atoms with Gasteiger partial charge in [-0.3, -0.25) is 14.8 Å². The van der Waals surface area contributed by atoms with Gasteiger partial charge in [-0.05, 0) is 24.6 Å². The van der Waals surface area contributed by atoms with Crippen molar-refractivity contribution in [3.8, 4) is 0 Å². The number of rotatable bonds is 6. The molecule has 4 N–H and O–H groups in total. The normalized spacial score (nSPS) is 10.2. The van der Waals surface area contributed by atoms with Crippen molar-refractivity contribution in [1.82, 2.24) is 20.4 Å². The van der Waals surface area contributed by atoms with Gasteiger partial charge in [-0.15, -0.1) is 0 Å². The zero-order chi connectivity index (χ0) is 18.4. The molecule has 9 heteroatoms. The van der Waals surface area contributed by atoms with Crippen molar-refractivity contribution in [2.75, 3.05) is 12.4 Å². The Balaban J connectivity index is 1.88. The van der Waals surface area contributed by atoms with Crippen LogP contribution in [-0.4, -0.2) is 39.8 Å². The lowest BCUT2D eigenvalue weighted by Crippen LogP contribution is -2.28. The van der Waals surface area contributed by atoms with Crippen molar-refractivity contribution in [2.45, 2.75) is 20.0 Å². The molecule has 132 valence electrons. The Labute approximate surface area is 144 Å². The van der Waals surface area contributed by atoms with Crippen molar-refractivity contribution >= 4 is 23.7 Å². The monoisotopic (exact) mass is 345 g/mol. The minimum atomic E-state index is -1.00. The number of carboxylic acid groups (broad SMARTS) is 1. The summed E-state index contributed by atoms with van der Waals surface area (Å²) in [4.78, 5) is 34.1. The molecule has 0 unspecified atom stereocenters. The van der Waals surface area contributed by atoms with Crippen molar-refractivity contribution < 1.29 is 19.5 Å². The van der Waals surface area contributed by atoms with E-state index in [1.165, 1.54) is 23.9 Å². The number of amides is 3. The highest BCUT2D eigenvalue weighted by Gasteiger charge is 2.10. The minimum absolute atomic E-state index is 0.0710. The van der Waals surface area contributed by atoms with E-state index in [0.29, 0.717) is 5.82 Å². The Morgan fingerprint density at radius 1 is 1.20 bits per heavy atom. The van der Waals surface area contributed by atoms with Crippen molar-refractivity contribution in [3.63, 3.8) is 0 Å². The molecule has 0 spiro atoms. The summed E-state index contributed by atoms with van der Waals surface area (Å²) in [6.07, 6.45) is 0. The molecule has 0 aliphatic carbocycles. The van der Waals surface area contributed by atoms with Gasteiger partial charge < -0.3 is 15.7 Å². The highest BCUT2D eigenvalue weighted by atomic mass is 16.4. The number of nitrogens with zero attached hydrogens (tertiary/aromatic N) is 2. The number of benzene rings is 1. The number of aryl methyl sites for hydroxylation is 1. The molecule has 0 saturated carbocycles. The molecule has 2 rings (SSSR count). The zero-order valence-electron chi connectivity index (χ0n) is 13.9. The van der Waals surface area contributed by atoms with Crippen LogP contribution in [0, 0.1) is 6.92 Å². The quantitative estimate of drug-likeness (QED) is 0.620. The first-order valence-electron chi connectivity index (χ1n) is 7.51. The largest absolute Gasteiger partial charge is 0.478 e. The van der Waals surface area contributed by atoms with E-state index in [-0.39, 0.29) is 24.6 Å². The van der Waals surface area contributed by atoms with Crippen molar-refractivity contribution in [3.05, 3.63) is 47.2 Å². The van der Waals surface area contributed by atoms with Crippen LogP contribution >= 0.6 is 0 Å². The Morgan fingerprint density at radius 2 is 1.88 bits per heavy atom. The highest BCUT2D eigenvalue weighted by molar-refractivity contribution is 5.88. The second-order valence-electron chi connectivity index (χ2n) is 5.31. The van der Waals surface area contributed by atoms with Gasteiger partial charge in [-0.1, -0.05) is 12.1 Å². The van der Waals surface area contributed by atoms with E-state index < -0.39 is 12.0 Å². The molecule has 2 aromatic rings. The van der Waals surface area contributed by atoms with E-state index in [9.17, 15) is 14.4 Å². The molecule has 0 atom stereocenters. The van der Waals surface area contributed by atoms with E-state index in [1.54, 1.807) is 25.1 Å². The van der Waals surface area contributed by atoms with Crippen LogP contribution in [0.3, 0.4) is 0 Å². The fourth-order valence-corrected chi connectivity index (χ4v) is 2.05. The summed E-state index contributed by atoms with van der Waals surface area (Å²) in [5, 5.41) is 20.7. The molecule has 0 radical (unpaired) electrons. The molecule has 3 amide bonds. The Bertz CT molecular complexity index is 782. The first-order chi connectivity index (χ1) is 11.9. The van der Waals surface area contributed by atoms with E-state index in [1.807, 2.05) is 0 Å². The summed E-state index contributed by atoms with van der Waals surface area (Å²) >= 11 is 0. The van der Waals surface area contributed by atoms with Gasteiger partial charge in [0.1, 0.15) is 6.54 Å². The lowest BCUT2D eigenvalue weighted by molar-refractivity contribution is -0.121. The molecule has 0 bridgehead atoms. The highest BCUT2D eigenvalue weighted by Crippen LogP contribution is 2.09. The van der Waals surface area contributed by atoms with Crippen LogP contribution in [0.4, 0.5) is 10.6 Å². The first-order valence-corrected chi connectivity index (χ1v) is 7.51. The molecule has 9 nitrogen and oxygen atoms in total. The minimum Gasteiger partial charge on any atom is -0.478 e. The summed E-state index contributed by atoms with van der Waals surface area (Å²) in [5.74, 6) is -0.855. The predicted molar refractivity (Wildman–Crippen MR) is 90.3 cm³/mol. The van der Waals surface area contributed by atoms with Gasteiger partial charge in [0.25, 0.3) is 0 Å². The fourth-order valence-electron chi connectivity index (χ4n) is 2.05. The summed E-state index contributed by atoms with van der Waals surface area (Å²) in [5.41, 5.74) is 1.69. The Morgan fingerprint density at radius 3 is 2.48 bits per heavy atom. The van der Waals surface area contributed by atoms with E-state index in [4.69, 9.17) is 5.11 Å². The number of urea groups is 1. The average Bonchev–Trinajstić information content (AvgIpc) is 2.92. The van der Waals surface area contributed by atoms with Crippen LogP contribution in [0.25, 0.3) is 0 Å². The molecule has 25 heavy (non-hydrogen) atoms. The van der Waals surface area contributed by atoms with Gasteiger partial charge in [0.2, 0.25) is 5.91 Å². The number of likely N-dealkylation sites (N-methyl/N-ethyl adjacent to an activating group) is 1. The lowest BCUT2D eigenvalue weighted by Gasteiger charge is -2.06. The molecular weight excluding hydrogens is 326 g/mol. The molecule has 0 aliphatic rings. The number of hydrogen-bond donors (Lipinski definition) is 4. The zero-order valence-corrected chi connectivity index (χ0v) is 13.9. The van der Waals surface area contributed by atoms with Gasteiger partial charge in [0, 0.05) is 25.4 Å². The maximum absolute atomic E-state index is 11.9. The standard InChI is InChI=1S/C16H19N5O4/c1-10-7-13(20-21(10)9-14(22)17-2)19-16(25)18-8-11-3-5-12(6-4-11)15(23)24/h3-7H,8-9H2,1-2H3,(H,17,22)(H,23,24)(H2,18,19,20,25). The number of carbonyl (C=O) groups is 3. The molecular formula is C16H19N5O4. The smallest absolute Gasteiger partial charge is 0.335 e. The average molecular weight is 345 g/mol. The van der Waals surface area contributed by atoms with E-state index in [2.05, 4.69) is 21.0 Å². The molecule has 0 saturated heterocycles. The van der Waals surface area contributed by atoms with Crippen LogP contribution in [0.1, 0.15) is 21.6 Å². The molecule has 0 aliphatic heterocycles. The maximum atomic E-state index is 11.9. The second-order valence-corrected chi connectivity index (χ2v) is 5.31. The summed E-state index contributed by atoms with van der Waals surface area (Å²) in [6.45, 7) is 2.09. The van der Waals surface area contributed by atoms with Crippen molar-refractivity contribution in [2.24, 2.45) is 0 Å². The summed E-state index contributed by atoms with van der Waals surface area (Å²) in [6, 6.07) is 7.41. The van der Waals surface area contributed by atoms with Crippen LogP contribution in [0.5, 0.6) is 0 Å². The van der Waals surface area contributed by atoms with E-state index in [0.717, 1.165) is 11.3 Å². The number of aromatic nitrogens is 2. The van der Waals surface area contributed by atoms with Crippen LogP contribution in [0.2, 0.25) is 0 Å². The third-order valence-electron chi connectivity index (χ3n) is 3.45. The number of carboxylic acids is 1. The van der Waals surface area contributed by atoms with Crippen LogP contribution in [-0.2, 0) is 17.9 Å². The van der Waals surface area contributed by atoms with E-state index >= 15 is 0 Å². The Hall–Kier alpha value is -3.36. The molecule has 1 aromatic carbocycles. The lowest BCUT2D eigenvalue weighted by atomic mass is 10.1. The third-order valence-corrected chi connectivity index (χ3v) is 3.45. The molecule has 0 fully saturated rings. The third kappa shape index (κ3) is 5.06. The number of aromatic carboxylic acids is 1. The molecule has 1 aromatic heterocycles. The summed E-state index contributed by atoms with van der Waals surface area (Å²) < 4.78 is 1.49. The second kappa shape index (κ2) is 7.95. The van der Waals surface area contributed by atoms with Gasteiger partial charge in [0.15, 0.2) is 5.82 Å². The van der Waals surface area contributed by atoms with Crippen LogP contribution < -0.4 is 16.0 Å². The number of anilines is 1. The number of carbonyl (C=O) groups excluding carboxylic acids is 2. The number of hydrogen-bond acceptors (Lipinski definition) is 4. The maximum Gasteiger partial charge on any atom is 0.335 e. The topological polar surface area (TPSA) is 125 Å². The van der Waals surface area contributed by atoms with Gasteiger partial charge >= 0.3 is 12.0 Å². The first kappa shape index (κ1) is 18.0. The summed E-state index contributed by atoms with van der Waals surface area (Å²) in [7, 11) is 1.54. The predicted octanol–water partition coefficient (Wildman–Crippen LogP) is 0.957. The molecule has 1 heterocycles. The van der Waals surface area contributed by atoms with Gasteiger partial charge in [-0.2, -0.15) is 5.10 Å². The van der Waals surface area contributed by atoms with Crippen molar-refractivity contribution in [1.29, 1.82) is 0 Å². The number of nitrogens with one attached hydrogen (secondary N) is 3. The fraction of sp³-hybridized carbons (Fsp3) is 0.250.